The largest absolute Gasteiger partial charge is 0.346 e. The summed E-state index contributed by atoms with van der Waals surface area (Å²) in [5, 5.41) is 13.5. The molecule has 1 aromatic heterocycles. The molecule has 18 heavy (non-hydrogen) atoms. The van der Waals surface area contributed by atoms with Crippen molar-refractivity contribution in [1.29, 1.82) is 0 Å². The maximum absolute atomic E-state index is 12.1. The van der Waals surface area contributed by atoms with Gasteiger partial charge in [0.05, 0.1) is 0 Å². The summed E-state index contributed by atoms with van der Waals surface area (Å²) in [4.78, 5) is 12.1. The van der Waals surface area contributed by atoms with Crippen LogP contribution in [0, 0.1) is 0 Å². The van der Waals surface area contributed by atoms with Gasteiger partial charge in [0.25, 0.3) is 5.91 Å². The third-order valence-corrected chi connectivity index (χ3v) is 3.93. The Labute approximate surface area is 107 Å². The minimum atomic E-state index is -0.0568. The summed E-state index contributed by atoms with van der Waals surface area (Å²) < 4.78 is 0. The predicted molar refractivity (Wildman–Crippen MR) is 68.5 cm³/mol. The smallest absolute Gasteiger partial charge is 0.272 e. The van der Waals surface area contributed by atoms with E-state index in [0.717, 1.165) is 25.1 Å². The van der Waals surface area contributed by atoms with Crippen LogP contribution >= 0.6 is 0 Å². The second-order valence-electron chi connectivity index (χ2n) is 5.45. The first-order valence-electron chi connectivity index (χ1n) is 6.83. The first-order chi connectivity index (χ1) is 8.74. The van der Waals surface area contributed by atoms with Crippen LogP contribution in [0.4, 0.5) is 0 Å². The first-order valence-corrected chi connectivity index (χ1v) is 6.83. The average molecular weight is 248 g/mol. The number of piperidine rings is 1. The van der Waals surface area contributed by atoms with Crippen LogP contribution in [-0.4, -0.2) is 34.7 Å². The molecule has 0 spiro atoms. The molecule has 1 saturated heterocycles. The lowest BCUT2D eigenvalue weighted by Crippen LogP contribution is -2.51. The fourth-order valence-corrected chi connectivity index (χ4v) is 2.54. The molecular formula is C13H20N4O. The van der Waals surface area contributed by atoms with Crippen molar-refractivity contribution in [2.45, 2.75) is 50.6 Å². The molecule has 3 N–H and O–H groups in total. The Morgan fingerprint density at radius 1 is 1.44 bits per heavy atom. The third kappa shape index (κ3) is 2.41. The van der Waals surface area contributed by atoms with Crippen molar-refractivity contribution in [1.82, 2.24) is 20.8 Å². The van der Waals surface area contributed by atoms with E-state index in [2.05, 4.69) is 27.8 Å². The highest BCUT2D eigenvalue weighted by Crippen LogP contribution is 2.38. The van der Waals surface area contributed by atoms with Crippen LogP contribution in [0.5, 0.6) is 0 Å². The van der Waals surface area contributed by atoms with Crippen molar-refractivity contribution in [3.05, 3.63) is 17.5 Å². The maximum atomic E-state index is 12.1. The highest BCUT2D eigenvalue weighted by molar-refractivity contribution is 5.92. The van der Waals surface area contributed by atoms with E-state index in [0.29, 0.717) is 17.7 Å². The summed E-state index contributed by atoms with van der Waals surface area (Å²) in [6.45, 7) is 3.16. The molecule has 1 aliphatic carbocycles. The molecule has 0 aromatic carbocycles. The van der Waals surface area contributed by atoms with Crippen LogP contribution < -0.4 is 10.6 Å². The van der Waals surface area contributed by atoms with Gasteiger partial charge in [-0.15, -0.1) is 0 Å². The predicted octanol–water partition coefficient (Wildman–Crippen LogP) is 1.16. The molecule has 3 rings (SSSR count). The Hall–Kier alpha value is -1.36. The van der Waals surface area contributed by atoms with Crippen molar-refractivity contribution in [3.63, 3.8) is 0 Å². The Morgan fingerprint density at radius 3 is 3.00 bits per heavy atom. The number of carbonyl (C=O) groups is 1. The van der Waals surface area contributed by atoms with Crippen LogP contribution in [0.3, 0.4) is 0 Å². The number of nitrogens with one attached hydrogen (secondary N) is 3. The topological polar surface area (TPSA) is 69.8 Å². The number of carbonyl (C=O) groups excluding carboxylic acids is 1. The normalized spacial score (nSPS) is 28.1. The summed E-state index contributed by atoms with van der Waals surface area (Å²) in [6, 6.07) is 2.45. The van der Waals surface area contributed by atoms with Gasteiger partial charge in [0, 0.05) is 23.7 Å². The number of rotatable bonds is 3. The van der Waals surface area contributed by atoms with E-state index in [9.17, 15) is 4.79 Å². The van der Waals surface area contributed by atoms with Gasteiger partial charge >= 0.3 is 0 Å². The second kappa shape index (κ2) is 4.72. The van der Waals surface area contributed by atoms with Gasteiger partial charge in [0.15, 0.2) is 0 Å². The van der Waals surface area contributed by atoms with Gasteiger partial charge in [-0.1, -0.05) is 0 Å². The molecule has 5 nitrogen and oxygen atoms in total. The molecule has 2 atom stereocenters. The number of aromatic nitrogens is 2. The zero-order valence-corrected chi connectivity index (χ0v) is 10.7. The van der Waals surface area contributed by atoms with E-state index in [1.807, 2.05) is 6.07 Å². The van der Waals surface area contributed by atoms with E-state index >= 15 is 0 Å². The van der Waals surface area contributed by atoms with Gasteiger partial charge in [-0.05, 0) is 45.2 Å². The Morgan fingerprint density at radius 2 is 2.28 bits per heavy atom. The number of aromatic amines is 1. The zero-order chi connectivity index (χ0) is 12.5. The van der Waals surface area contributed by atoms with Gasteiger partial charge in [-0.3, -0.25) is 9.89 Å². The number of H-pyrrole nitrogens is 1. The summed E-state index contributed by atoms with van der Waals surface area (Å²) in [5.74, 6) is 0.549. The molecule has 1 saturated carbocycles. The monoisotopic (exact) mass is 248 g/mol. The van der Waals surface area contributed by atoms with Gasteiger partial charge in [-0.2, -0.15) is 5.10 Å². The fraction of sp³-hybridized carbons (Fsp3) is 0.692. The van der Waals surface area contributed by atoms with Gasteiger partial charge < -0.3 is 10.6 Å². The van der Waals surface area contributed by atoms with Gasteiger partial charge in [-0.25, -0.2) is 0 Å². The molecule has 1 amide bonds. The van der Waals surface area contributed by atoms with E-state index in [1.165, 1.54) is 12.8 Å². The van der Waals surface area contributed by atoms with Gasteiger partial charge in [0.2, 0.25) is 0 Å². The first kappa shape index (κ1) is 11.7. The third-order valence-electron chi connectivity index (χ3n) is 3.93. The van der Waals surface area contributed by atoms with E-state index in [4.69, 9.17) is 0 Å². The van der Waals surface area contributed by atoms with E-state index in [1.54, 1.807) is 0 Å². The Kier molecular flexibility index (Phi) is 3.07. The molecule has 2 aliphatic rings. The molecule has 1 aliphatic heterocycles. The molecule has 5 heteroatoms. The standard InChI is InChI=1S/C13H20N4O/c1-8-10(3-2-6-14-8)15-13(18)12-7-11(16-17-12)9-4-5-9/h7-10,14H,2-6H2,1H3,(H,15,18)(H,16,17). The van der Waals surface area contributed by atoms with E-state index in [-0.39, 0.29) is 11.9 Å². The van der Waals surface area contributed by atoms with Crippen LogP contribution in [0.1, 0.15) is 54.7 Å². The number of amides is 1. The van der Waals surface area contributed by atoms with Crippen molar-refractivity contribution in [2.75, 3.05) is 6.54 Å². The molecule has 2 unspecified atom stereocenters. The second-order valence-corrected chi connectivity index (χ2v) is 5.45. The van der Waals surface area contributed by atoms with Crippen LogP contribution in [0.25, 0.3) is 0 Å². The molecule has 1 aromatic rings. The summed E-state index contributed by atoms with van der Waals surface area (Å²) in [5.41, 5.74) is 1.63. The lowest BCUT2D eigenvalue weighted by Gasteiger charge is -2.30. The van der Waals surface area contributed by atoms with Crippen LogP contribution in [0.2, 0.25) is 0 Å². The van der Waals surface area contributed by atoms with Crippen molar-refractivity contribution < 1.29 is 4.79 Å². The molecule has 98 valence electrons. The minimum absolute atomic E-state index is 0.0568. The average Bonchev–Trinajstić information content (AvgIpc) is 3.10. The molecule has 2 heterocycles. The number of nitrogens with zero attached hydrogens (tertiary/aromatic N) is 1. The quantitative estimate of drug-likeness (QED) is 0.751. The lowest BCUT2D eigenvalue weighted by molar-refractivity contribution is 0.0914. The molecule has 0 bridgehead atoms. The van der Waals surface area contributed by atoms with Crippen molar-refractivity contribution in [3.8, 4) is 0 Å². The van der Waals surface area contributed by atoms with E-state index < -0.39 is 0 Å². The Bertz CT molecular complexity index is 438. The van der Waals surface area contributed by atoms with Crippen molar-refractivity contribution >= 4 is 5.91 Å². The molecule has 0 radical (unpaired) electrons. The zero-order valence-electron chi connectivity index (χ0n) is 10.7. The van der Waals surface area contributed by atoms with Crippen LogP contribution in [-0.2, 0) is 0 Å². The highest BCUT2D eigenvalue weighted by Gasteiger charge is 2.28. The number of hydrogen-bond donors (Lipinski definition) is 3. The minimum Gasteiger partial charge on any atom is -0.346 e. The summed E-state index contributed by atoms with van der Waals surface area (Å²) in [7, 11) is 0. The summed E-state index contributed by atoms with van der Waals surface area (Å²) in [6.07, 6.45) is 4.59. The fourth-order valence-electron chi connectivity index (χ4n) is 2.54. The summed E-state index contributed by atoms with van der Waals surface area (Å²) >= 11 is 0. The molecular weight excluding hydrogens is 228 g/mol. The maximum Gasteiger partial charge on any atom is 0.272 e. The molecule has 2 fully saturated rings. The van der Waals surface area contributed by atoms with Crippen LogP contribution in [0.15, 0.2) is 6.07 Å². The number of hydrogen-bond acceptors (Lipinski definition) is 3. The van der Waals surface area contributed by atoms with Gasteiger partial charge in [0.1, 0.15) is 5.69 Å². The SMILES string of the molecule is CC1NCCCC1NC(=O)c1cc(C2CC2)[nH]n1. The van der Waals surface area contributed by atoms with Crippen molar-refractivity contribution in [2.24, 2.45) is 0 Å². The highest BCUT2D eigenvalue weighted by atomic mass is 16.2. The Balaban J connectivity index is 1.62. The lowest BCUT2D eigenvalue weighted by atomic mass is 10.00.